The zero-order chi connectivity index (χ0) is 14.9. The number of nitrogens with one attached hydrogen (secondary N) is 1. The minimum absolute atomic E-state index is 0.0436. The Hall–Kier alpha value is -1.64. The SMILES string of the molecule is O=C(O)CN(C(=O)[C@@H]1CCC(=O)N1)C1CCS(=O)(=O)C1. The molecule has 0 aromatic rings. The average Bonchev–Trinajstić information content (AvgIpc) is 2.91. The number of hydrogen-bond donors (Lipinski definition) is 2. The van der Waals surface area contributed by atoms with Gasteiger partial charge in [0.15, 0.2) is 9.84 Å². The Labute approximate surface area is 116 Å². The molecule has 8 nitrogen and oxygen atoms in total. The van der Waals surface area contributed by atoms with Crippen LogP contribution in [0.15, 0.2) is 0 Å². The first kappa shape index (κ1) is 14.8. The number of rotatable bonds is 4. The maximum Gasteiger partial charge on any atom is 0.323 e. The van der Waals surface area contributed by atoms with Crippen molar-refractivity contribution in [1.29, 1.82) is 0 Å². The molecule has 0 aliphatic carbocycles. The van der Waals surface area contributed by atoms with Gasteiger partial charge in [-0.15, -0.1) is 0 Å². The molecule has 0 radical (unpaired) electrons. The molecule has 2 aliphatic rings. The van der Waals surface area contributed by atoms with Crippen molar-refractivity contribution >= 4 is 27.6 Å². The molecule has 2 atom stereocenters. The van der Waals surface area contributed by atoms with Crippen molar-refractivity contribution in [3.8, 4) is 0 Å². The monoisotopic (exact) mass is 304 g/mol. The third-order valence-electron chi connectivity index (χ3n) is 3.53. The van der Waals surface area contributed by atoms with Crippen LogP contribution in [-0.4, -0.2) is 66.3 Å². The molecule has 9 heteroatoms. The van der Waals surface area contributed by atoms with E-state index in [-0.39, 0.29) is 30.3 Å². The molecule has 1 unspecified atom stereocenters. The van der Waals surface area contributed by atoms with Crippen LogP contribution in [0.5, 0.6) is 0 Å². The van der Waals surface area contributed by atoms with Crippen molar-refractivity contribution < 1.29 is 27.9 Å². The lowest BCUT2D eigenvalue weighted by Gasteiger charge is -2.28. The Morgan fingerprint density at radius 1 is 1.35 bits per heavy atom. The van der Waals surface area contributed by atoms with E-state index in [2.05, 4.69) is 5.32 Å². The summed E-state index contributed by atoms with van der Waals surface area (Å²) in [5.74, 6) is -2.23. The summed E-state index contributed by atoms with van der Waals surface area (Å²) in [5.41, 5.74) is 0. The molecule has 20 heavy (non-hydrogen) atoms. The molecular weight excluding hydrogens is 288 g/mol. The van der Waals surface area contributed by atoms with Gasteiger partial charge in [-0.2, -0.15) is 0 Å². The summed E-state index contributed by atoms with van der Waals surface area (Å²) in [5, 5.41) is 11.4. The maximum absolute atomic E-state index is 12.3. The third kappa shape index (κ3) is 3.27. The summed E-state index contributed by atoms with van der Waals surface area (Å²) in [4.78, 5) is 35.4. The largest absolute Gasteiger partial charge is 0.480 e. The lowest BCUT2D eigenvalue weighted by atomic mass is 10.1. The molecule has 2 rings (SSSR count). The molecular formula is C11H16N2O6S. The zero-order valence-electron chi connectivity index (χ0n) is 10.7. The molecule has 2 amide bonds. The van der Waals surface area contributed by atoms with Crippen molar-refractivity contribution in [2.24, 2.45) is 0 Å². The molecule has 0 aromatic heterocycles. The van der Waals surface area contributed by atoms with Crippen LogP contribution in [0.25, 0.3) is 0 Å². The first-order chi connectivity index (χ1) is 9.28. The molecule has 2 fully saturated rings. The number of carbonyl (C=O) groups excluding carboxylic acids is 2. The fraction of sp³-hybridized carbons (Fsp3) is 0.727. The molecule has 2 saturated heterocycles. The second-order valence-corrected chi connectivity index (χ2v) is 7.30. The van der Waals surface area contributed by atoms with Gasteiger partial charge in [-0.05, 0) is 12.8 Å². The summed E-state index contributed by atoms with van der Waals surface area (Å²) in [6.45, 7) is -0.550. The smallest absolute Gasteiger partial charge is 0.323 e. The van der Waals surface area contributed by atoms with E-state index in [1.165, 1.54) is 0 Å². The Morgan fingerprint density at radius 3 is 2.50 bits per heavy atom. The Bertz CT molecular complexity index is 543. The van der Waals surface area contributed by atoms with Gasteiger partial charge in [-0.1, -0.05) is 0 Å². The van der Waals surface area contributed by atoms with Gasteiger partial charge in [0.25, 0.3) is 0 Å². The van der Waals surface area contributed by atoms with Gasteiger partial charge < -0.3 is 15.3 Å². The van der Waals surface area contributed by atoms with Crippen LogP contribution in [0, 0.1) is 0 Å². The molecule has 0 spiro atoms. The van der Waals surface area contributed by atoms with Crippen molar-refractivity contribution in [3.05, 3.63) is 0 Å². The van der Waals surface area contributed by atoms with E-state index < -0.39 is 40.3 Å². The van der Waals surface area contributed by atoms with Crippen LogP contribution in [-0.2, 0) is 24.2 Å². The fourth-order valence-corrected chi connectivity index (χ4v) is 4.28. The number of aliphatic carboxylic acids is 1. The molecule has 2 N–H and O–H groups in total. The minimum atomic E-state index is -3.22. The number of carboxylic acids is 1. The fourth-order valence-electron chi connectivity index (χ4n) is 2.55. The molecule has 0 saturated carbocycles. The van der Waals surface area contributed by atoms with E-state index in [1.54, 1.807) is 0 Å². The third-order valence-corrected chi connectivity index (χ3v) is 5.28. The van der Waals surface area contributed by atoms with Crippen molar-refractivity contribution in [2.45, 2.75) is 31.3 Å². The Kier molecular flexibility index (Phi) is 3.98. The highest BCUT2D eigenvalue weighted by Crippen LogP contribution is 2.20. The van der Waals surface area contributed by atoms with Crippen LogP contribution in [0.4, 0.5) is 0 Å². The lowest BCUT2D eigenvalue weighted by molar-refractivity contribution is -0.146. The summed E-state index contributed by atoms with van der Waals surface area (Å²) in [7, 11) is -3.22. The van der Waals surface area contributed by atoms with Crippen LogP contribution < -0.4 is 5.32 Å². The van der Waals surface area contributed by atoms with E-state index in [4.69, 9.17) is 5.11 Å². The predicted molar refractivity (Wildman–Crippen MR) is 67.6 cm³/mol. The number of nitrogens with zero attached hydrogens (tertiary/aromatic N) is 1. The van der Waals surface area contributed by atoms with Gasteiger partial charge in [0, 0.05) is 12.5 Å². The topological polar surface area (TPSA) is 121 Å². The van der Waals surface area contributed by atoms with E-state index in [1.807, 2.05) is 0 Å². The normalized spacial score (nSPS) is 28.1. The summed E-state index contributed by atoms with van der Waals surface area (Å²) in [6, 6.07) is -1.37. The number of amides is 2. The quantitative estimate of drug-likeness (QED) is 0.643. The van der Waals surface area contributed by atoms with Crippen molar-refractivity contribution in [2.75, 3.05) is 18.1 Å². The number of carboxylic acid groups (broad SMARTS) is 1. The maximum atomic E-state index is 12.3. The summed E-state index contributed by atoms with van der Waals surface area (Å²) in [6.07, 6.45) is 0.773. The van der Waals surface area contributed by atoms with Crippen LogP contribution in [0.1, 0.15) is 19.3 Å². The zero-order valence-corrected chi connectivity index (χ0v) is 11.6. The number of hydrogen-bond acceptors (Lipinski definition) is 5. The highest BCUT2D eigenvalue weighted by atomic mass is 32.2. The molecule has 2 aliphatic heterocycles. The molecule has 0 aromatic carbocycles. The highest BCUT2D eigenvalue weighted by molar-refractivity contribution is 7.91. The van der Waals surface area contributed by atoms with Gasteiger partial charge in [0.2, 0.25) is 11.8 Å². The van der Waals surface area contributed by atoms with E-state index in [9.17, 15) is 22.8 Å². The Balaban J connectivity index is 2.13. The second kappa shape index (κ2) is 5.39. The number of carbonyl (C=O) groups is 3. The first-order valence-electron chi connectivity index (χ1n) is 6.30. The second-order valence-electron chi connectivity index (χ2n) is 5.08. The minimum Gasteiger partial charge on any atom is -0.480 e. The van der Waals surface area contributed by atoms with Gasteiger partial charge >= 0.3 is 5.97 Å². The Morgan fingerprint density at radius 2 is 2.05 bits per heavy atom. The molecule has 112 valence electrons. The molecule has 0 bridgehead atoms. The van der Waals surface area contributed by atoms with E-state index in [0.29, 0.717) is 6.42 Å². The van der Waals surface area contributed by atoms with Crippen LogP contribution >= 0.6 is 0 Å². The van der Waals surface area contributed by atoms with E-state index >= 15 is 0 Å². The molecule has 2 heterocycles. The van der Waals surface area contributed by atoms with Gasteiger partial charge in [-0.3, -0.25) is 14.4 Å². The van der Waals surface area contributed by atoms with Gasteiger partial charge in [0.05, 0.1) is 11.5 Å². The van der Waals surface area contributed by atoms with E-state index in [0.717, 1.165) is 4.90 Å². The first-order valence-corrected chi connectivity index (χ1v) is 8.13. The van der Waals surface area contributed by atoms with Crippen LogP contribution in [0.3, 0.4) is 0 Å². The van der Waals surface area contributed by atoms with Gasteiger partial charge in [-0.25, -0.2) is 8.42 Å². The van der Waals surface area contributed by atoms with Crippen molar-refractivity contribution in [3.63, 3.8) is 0 Å². The van der Waals surface area contributed by atoms with Crippen LogP contribution in [0.2, 0.25) is 0 Å². The lowest BCUT2D eigenvalue weighted by Crippen LogP contribution is -2.51. The summed E-state index contributed by atoms with van der Waals surface area (Å²) >= 11 is 0. The summed E-state index contributed by atoms with van der Waals surface area (Å²) < 4.78 is 22.9. The predicted octanol–water partition coefficient (Wildman–Crippen LogP) is -1.63. The van der Waals surface area contributed by atoms with Gasteiger partial charge in [0.1, 0.15) is 12.6 Å². The van der Waals surface area contributed by atoms with Crippen molar-refractivity contribution in [1.82, 2.24) is 10.2 Å². The number of sulfone groups is 1. The standard InChI is InChI=1S/C11H16N2O6S/c14-9-2-1-8(12-9)11(17)13(5-10(15)16)7-3-4-20(18,19)6-7/h7-8H,1-6H2,(H,12,14)(H,15,16)/t7?,8-/m0/s1. The highest BCUT2D eigenvalue weighted by Gasteiger charge is 2.39. The average molecular weight is 304 g/mol.